The van der Waals surface area contributed by atoms with Gasteiger partial charge in [-0.25, -0.2) is 4.98 Å². The number of hydrogen-bond acceptors (Lipinski definition) is 4. The number of alkyl halides is 3. The van der Waals surface area contributed by atoms with Gasteiger partial charge in [-0.05, 0) is 17.7 Å². The van der Waals surface area contributed by atoms with Crippen molar-refractivity contribution in [3.8, 4) is 0 Å². The third-order valence-electron chi connectivity index (χ3n) is 2.59. The van der Waals surface area contributed by atoms with E-state index in [4.69, 9.17) is 5.73 Å². The number of nitrogens with two attached hydrogens (primary N) is 1. The Labute approximate surface area is 118 Å². The van der Waals surface area contributed by atoms with Crippen molar-refractivity contribution in [1.29, 1.82) is 0 Å². The zero-order chi connectivity index (χ0) is 14.6. The van der Waals surface area contributed by atoms with Gasteiger partial charge in [-0.2, -0.15) is 13.2 Å². The molecule has 0 saturated carbocycles. The van der Waals surface area contributed by atoms with Gasteiger partial charge in [-0.3, -0.25) is 4.98 Å². The van der Waals surface area contributed by atoms with Gasteiger partial charge in [0, 0.05) is 24.2 Å². The molecule has 2 rings (SSSR count). The van der Waals surface area contributed by atoms with Crippen LogP contribution in [-0.2, 0) is 6.18 Å². The van der Waals surface area contributed by atoms with Gasteiger partial charge >= 0.3 is 6.18 Å². The maximum atomic E-state index is 12.6. The minimum Gasteiger partial charge on any atom is -0.323 e. The van der Waals surface area contributed by atoms with Gasteiger partial charge in [-0.15, -0.1) is 11.8 Å². The second-order valence-electron chi connectivity index (χ2n) is 4.08. The molecule has 1 aromatic carbocycles. The lowest BCUT2D eigenvalue weighted by Gasteiger charge is -2.14. The molecule has 1 atom stereocenters. The lowest BCUT2D eigenvalue weighted by molar-refractivity contribution is -0.137. The highest BCUT2D eigenvalue weighted by molar-refractivity contribution is 7.99. The van der Waals surface area contributed by atoms with Crippen molar-refractivity contribution < 1.29 is 13.2 Å². The van der Waals surface area contributed by atoms with E-state index in [0.717, 1.165) is 12.1 Å². The molecule has 0 spiro atoms. The molecule has 1 heterocycles. The average Bonchev–Trinajstić information content (AvgIpc) is 2.45. The number of halogens is 3. The van der Waals surface area contributed by atoms with Crippen LogP contribution in [0.1, 0.15) is 17.2 Å². The molecule has 0 aliphatic carbocycles. The van der Waals surface area contributed by atoms with Crippen LogP contribution in [0.5, 0.6) is 0 Å². The normalized spacial score (nSPS) is 13.2. The first kappa shape index (κ1) is 14.8. The second-order valence-corrected chi connectivity index (χ2v) is 5.12. The van der Waals surface area contributed by atoms with Crippen LogP contribution >= 0.6 is 11.8 Å². The number of nitrogens with zero attached hydrogens (tertiary/aromatic N) is 2. The van der Waals surface area contributed by atoms with Crippen molar-refractivity contribution >= 4 is 11.8 Å². The zero-order valence-corrected chi connectivity index (χ0v) is 11.2. The smallest absolute Gasteiger partial charge is 0.323 e. The van der Waals surface area contributed by atoms with E-state index in [9.17, 15) is 13.2 Å². The van der Waals surface area contributed by atoms with E-state index in [1.54, 1.807) is 24.7 Å². The molecule has 1 unspecified atom stereocenters. The van der Waals surface area contributed by atoms with E-state index in [1.807, 2.05) is 0 Å². The van der Waals surface area contributed by atoms with Crippen molar-refractivity contribution in [2.75, 3.05) is 5.75 Å². The zero-order valence-electron chi connectivity index (χ0n) is 10.3. The fourth-order valence-electron chi connectivity index (χ4n) is 1.58. The van der Waals surface area contributed by atoms with Crippen LogP contribution in [0.3, 0.4) is 0 Å². The van der Waals surface area contributed by atoms with Crippen LogP contribution in [0.25, 0.3) is 0 Å². The molecule has 0 aliphatic rings. The molecular weight excluding hydrogens is 287 g/mol. The van der Waals surface area contributed by atoms with E-state index in [0.29, 0.717) is 16.3 Å². The van der Waals surface area contributed by atoms with Crippen LogP contribution in [0.2, 0.25) is 0 Å². The Kier molecular flexibility index (Phi) is 4.61. The topological polar surface area (TPSA) is 51.8 Å². The molecule has 0 bridgehead atoms. The Bertz CT molecular complexity index is 560. The highest BCUT2D eigenvalue weighted by atomic mass is 32.2. The third-order valence-corrected chi connectivity index (χ3v) is 3.62. The average molecular weight is 299 g/mol. The van der Waals surface area contributed by atoms with E-state index < -0.39 is 17.8 Å². The van der Waals surface area contributed by atoms with Crippen molar-refractivity contribution in [2.45, 2.75) is 17.2 Å². The monoisotopic (exact) mass is 299 g/mol. The fraction of sp³-hybridized carbons (Fsp3) is 0.231. The molecule has 20 heavy (non-hydrogen) atoms. The predicted molar refractivity (Wildman–Crippen MR) is 71.1 cm³/mol. The van der Waals surface area contributed by atoms with Crippen molar-refractivity contribution in [3.63, 3.8) is 0 Å². The largest absolute Gasteiger partial charge is 0.416 e. The molecule has 0 fully saturated rings. The summed E-state index contributed by atoms with van der Waals surface area (Å²) in [6, 6.07) is 4.58. The summed E-state index contributed by atoms with van der Waals surface area (Å²) in [6.45, 7) is 0. The number of rotatable bonds is 4. The van der Waals surface area contributed by atoms with Crippen molar-refractivity contribution in [2.24, 2.45) is 5.73 Å². The maximum Gasteiger partial charge on any atom is 0.416 e. The molecule has 2 aromatic rings. The minimum atomic E-state index is -4.35. The first-order valence-corrected chi connectivity index (χ1v) is 6.77. The highest BCUT2D eigenvalue weighted by Crippen LogP contribution is 2.31. The van der Waals surface area contributed by atoms with E-state index in [1.165, 1.54) is 17.8 Å². The molecular formula is C13H12F3N3S. The Morgan fingerprint density at radius 2 is 2.05 bits per heavy atom. The first-order valence-electron chi connectivity index (χ1n) is 5.78. The van der Waals surface area contributed by atoms with Crippen molar-refractivity contribution in [1.82, 2.24) is 9.97 Å². The summed E-state index contributed by atoms with van der Waals surface area (Å²) in [6.07, 6.45) is 0.340. The maximum absolute atomic E-state index is 12.6. The standard InChI is InChI=1S/C13H12F3N3S/c14-13(15,16)10-3-1-2-9(6-10)11(17)8-20-12-7-18-4-5-19-12/h1-7,11H,8,17H2. The number of benzene rings is 1. The summed E-state index contributed by atoms with van der Waals surface area (Å²) < 4.78 is 37.9. The molecule has 0 aliphatic heterocycles. The van der Waals surface area contributed by atoms with Crippen LogP contribution in [0.4, 0.5) is 13.2 Å². The second kappa shape index (κ2) is 6.23. The highest BCUT2D eigenvalue weighted by Gasteiger charge is 2.30. The Hall–Kier alpha value is -1.60. The van der Waals surface area contributed by atoms with Gasteiger partial charge in [0.25, 0.3) is 0 Å². The predicted octanol–water partition coefficient (Wildman–Crippen LogP) is 3.29. The van der Waals surface area contributed by atoms with Gasteiger partial charge in [-0.1, -0.05) is 12.1 Å². The van der Waals surface area contributed by atoms with Crippen molar-refractivity contribution in [3.05, 3.63) is 54.0 Å². The fourth-order valence-corrected chi connectivity index (χ4v) is 2.39. The van der Waals surface area contributed by atoms with Crippen LogP contribution in [0.15, 0.2) is 47.9 Å². The number of thioether (sulfide) groups is 1. The molecule has 3 nitrogen and oxygen atoms in total. The quantitative estimate of drug-likeness (QED) is 0.880. The molecule has 2 N–H and O–H groups in total. The summed E-state index contributed by atoms with van der Waals surface area (Å²) in [7, 11) is 0. The van der Waals surface area contributed by atoms with E-state index in [-0.39, 0.29) is 0 Å². The Balaban J connectivity index is 2.04. The van der Waals surface area contributed by atoms with Crippen LogP contribution < -0.4 is 5.73 Å². The third kappa shape index (κ3) is 3.94. The summed E-state index contributed by atoms with van der Waals surface area (Å²) in [5.41, 5.74) is 5.69. The van der Waals surface area contributed by atoms with Gasteiger partial charge in [0.1, 0.15) is 5.03 Å². The van der Waals surface area contributed by atoms with Crippen LogP contribution in [0, 0.1) is 0 Å². The number of aromatic nitrogens is 2. The van der Waals surface area contributed by atoms with Gasteiger partial charge in [0.05, 0.1) is 11.8 Å². The summed E-state index contributed by atoms with van der Waals surface area (Å²) >= 11 is 1.36. The summed E-state index contributed by atoms with van der Waals surface area (Å²) in [4.78, 5) is 7.97. The molecule has 0 radical (unpaired) electrons. The molecule has 0 amide bonds. The molecule has 1 aromatic heterocycles. The molecule has 106 valence electrons. The summed E-state index contributed by atoms with van der Waals surface area (Å²) in [5.74, 6) is 0.431. The number of hydrogen-bond donors (Lipinski definition) is 1. The van der Waals surface area contributed by atoms with Gasteiger partial charge < -0.3 is 5.73 Å². The molecule has 7 heteroatoms. The Morgan fingerprint density at radius 1 is 1.25 bits per heavy atom. The van der Waals surface area contributed by atoms with E-state index in [2.05, 4.69) is 9.97 Å². The van der Waals surface area contributed by atoms with E-state index >= 15 is 0 Å². The summed E-state index contributed by atoms with van der Waals surface area (Å²) in [5, 5.41) is 0.690. The molecule has 0 saturated heterocycles. The SMILES string of the molecule is NC(CSc1cnccn1)c1cccc(C(F)(F)F)c1. The van der Waals surface area contributed by atoms with Gasteiger partial charge in [0.15, 0.2) is 0 Å². The lowest BCUT2D eigenvalue weighted by Crippen LogP contribution is -2.14. The first-order chi connectivity index (χ1) is 9.47. The minimum absolute atomic E-state index is 0.431. The Morgan fingerprint density at radius 3 is 2.70 bits per heavy atom. The van der Waals surface area contributed by atoms with Crippen LogP contribution in [-0.4, -0.2) is 15.7 Å². The van der Waals surface area contributed by atoms with Gasteiger partial charge in [0.2, 0.25) is 0 Å². The lowest BCUT2D eigenvalue weighted by atomic mass is 10.1.